The summed E-state index contributed by atoms with van der Waals surface area (Å²) in [6.07, 6.45) is 0. The van der Waals surface area contributed by atoms with Crippen molar-refractivity contribution < 1.29 is 19.1 Å². The molecule has 2 rings (SSSR count). The molecule has 2 N–H and O–H groups in total. The van der Waals surface area contributed by atoms with Gasteiger partial charge in [-0.2, -0.15) is 0 Å². The Morgan fingerprint density at radius 3 is 2.23 bits per heavy atom. The maximum absolute atomic E-state index is 12.3. The molecule has 0 saturated heterocycles. The first kappa shape index (κ1) is 19.3. The smallest absolute Gasteiger partial charge is 0.273 e. The van der Waals surface area contributed by atoms with Crippen LogP contribution in [0.3, 0.4) is 0 Å². The highest BCUT2D eigenvalue weighted by atomic mass is 16.5. The largest absolute Gasteiger partial charge is 0.493 e. The Morgan fingerprint density at radius 2 is 1.58 bits per heavy atom. The molecule has 0 aliphatic rings. The SMILES string of the molecule is CCOc1ccccc1C(=O)NNC(=O)c1ccc(OCC(C)C)cc1. The second-order valence-electron chi connectivity index (χ2n) is 6.07. The molecule has 0 bridgehead atoms. The van der Waals surface area contributed by atoms with Gasteiger partial charge >= 0.3 is 0 Å². The van der Waals surface area contributed by atoms with E-state index in [4.69, 9.17) is 9.47 Å². The average Bonchev–Trinajstić information content (AvgIpc) is 2.65. The van der Waals surface area contributed by atoms with Gasteiger partial charge in [0, 0.05) is 5.56 Å². The Bertz CT molecular complexity index is 742. The summed E-state index contributed by atoms with van der Waals surface area (Å²) in [5, 5.41) is 0. The summed E-state index contributed by atoms with van der Waals surface area (Å²) in [5.41, 5.74) is 5.57. The first-order valence-corrected chi connectivity index (χ1v) is 8.56. The van der Waals surface area contributed by atoms with Crippen molar-refractivity contribution in [2.45, 2.75) is 20.8 Å². The number of amides is 2. The Balaban J connectivity index is 1.93. The summed E-state index contributed by atoms with van der Waals surface area (Å²) >= 11 is 0. The molecule has 0 heterocycles. The predicted octanol–water partition coefficient (Wildman–Crippen LogP) is 3.19. The van der Waals surface area contributed by atoms with Gasteiger partial charge in [0.2, 0.25) is 0 Å². The number of rotatable bonds is 7. The summed E-state index contributed by atoms with van der Waals surface area (Å²) in [6.45, 7) is 7.02. The van der Waals surface area contributed by atoms with Crippen molar-refractivity contribution in [3.8, 4) is 11.5 Å². The van der Waals surface area contributed by atoms with Gasteiger partial charge < -0.3 is 9.47 Å². The fraction of sp³-hybridized carbons (Fsp3) is 0.300. The quantitative estimate of drug-likeness (QED) is 0.747. The summed E-state index contributed by atoms with van der Waals surface area (Å²) < 4.78 is 11.0. The number of hydrazine groups is 1. The van der Waals surface area contributed by atoms with Crippen LogP contribution in [0.4, 0.5) is 0 Å². The minimum atomic E-state index is -0.445. The number of carbonyl (C=O) groups is 2. The highest BCUT2D eigenvalue weighted by Crippen LogP contribution is 2.17. The molecule has 6 nitrogen and oxygen atoms in total. The molecule has 2 aromatic rings. The molecule has 0 atom stereocenters. The van der Waals surface area contributed by atoms with Gasteiger partial charge in [-0.1, -0.05) is 26.0 Å². The van der Waals surface area contributed by atoms with E-state index in [-0.39, 0.29) is 0 Å². The zero-order valence-electron chi connectivity index (χ0n) is 15.2. The molecule has 0 aliphatic heterocycles. The topological polar surface area (TPSA) is 76.7 Å². The molecule has 0 aliphatic carbocycles. The van der Waals surface area contributed by atoms with Crippen LogP contribution in [0, 0.1) is 5.92 Å². The van der Waals surface area contributed by atoms with Gasteiger partial charge in [-0.3, -0.25) is 20.4 Å². The number of carbonyl (C=O) groups excluding carboxylic acids is 2. The number of ether oxygens (including phenoxy) is 2. The van der Waals surface area contributed by atoms with E-state index in [0.29, 0.717) is 41.8 Å². The zero-order chi connectivity index (χ0) is 18.9. The lowest BCUT2D eigenvalue weighted by Crippen LogP contribution is -2.41. The van der Waals surface area contributed by atoms with E-state index in [1.54, 1.807) is 48.5 Å². The van der Waals surface area contributed by atoms with Crippen molar-refractivity contribution >= 4 is 11.8 Å². The monoisotopic (exact) mass is 356 g/mol. The van der Waals surface area contributed by atoms with Crippen molar-refractivity contribution in [1.82, 2.24) is 10.9 Å². The molecule has 0 aromatic heterocycles. The molecule has 138 valence electrons. The maximum atomic E-state index is 12.3. The fourth-order valence-corrected chi connectivity index (χ4v) is 2.15. The van der Waals surface area contributed by atoms with Crippen molar-refractivity contribution in [2.24, 2.45) is 5.92 Å². The number of nitrogens with one attached hydrogen (secondary N) is 2. The molecule has 0 radical (unpaired) electrons. The van der Waals surface area contributed by atoms with E-state index in [0.717, 1.165) is 0 Å². The van der Waals surface area contributed by atoms with Gasteiger partial charge in [-0.05, 0) is 49.2 Å². The highest BCUT2D eigenvalue weighted by Gasteiger charge is 2.13. The predicted molar refractivity (Wildman–Crippen MR) is 99.3 cm³/mol. The molecular weight excluding hydrogens is 332 g/mol. The van der Waals surface area contributed by atoms with Gasteiger partial charge in [0.15, 0.2) is 0 Å². The van der Waals surface area contributed by atoms with Gasteiger partial charge in [-0.25, -0.2) is 0 Å². The summed E-state index contributed by atoms with van der Waals surface area (Å²) in [5.74, 6) is 0.730. The molecule has 0 fully saturated rings. The Kier molecular flexibility index (Phi) is 7.02. The van der Waals surface area contributed by atoms with Crippen molar-refractivity contribution in [3.63, 3.8) is 0 Å². The molecule has 0 spiro atoms. The Morgan fingerprint density at radius 1 is 0.923 bits per heavy atom. The Labute approximate surface area is 153 Å². The number of para-hydroxylation sites is 1. The summed E-state index contributed by atoms with van der Waals surface area (Å²) in [4.78, 5) is 24.4. The van der Waals surface area contributed by atoms with E-state index in [2.05, 4.69) is 24.7 Å². The number of hydrogen-bond acceptors (Lipinski definition) is 4. The van der Waals surface area contributed by atoms with Crippen molar-refractivity contribution in [2.75, 3.05) is 13.2 Å². The molecule has 0 unspecified atom stereocenters. The number of hydrogen-bond donors (Lipinski definition) is 2. The van der Waals surface area contributed by atoms with E-state index >= 15 is 0 Å². The second-order valence-corrected chi connectivity index (χ2v) is 6.07. The Hall–Kier alpha value is -3.02. The summed E-state index contributed by atoms with van der Waals surface area (Å²) in [7, 11) is 0. The minimum absolute atomic E-state index is 0.354. The molecule has 0 saturated carbocycles. The first-order chi connectivity index (χ1) is 12.5. The van der Waals surface area contributed by atoms with Crippen LogP contribution in [-0.4, -0.2) is 25.0 Å². The van der Waals surface area contributed by atoms with Crippen LogP contribution >= 0.6 is 0 Å². The minimum Gasteiger partial charge on any atom is -0.493 e. The fourth-order valence-electron chi connectivity index (χ4n) is 2.15. The van der Waals surface area contributed by atoms with Gasteiger partial charge in [-0.15, -0.1) is 0 Å². The lowest BCUT2D eigenvalue weighted by molar-refractivity contribution is 0.0844. The zero-order valence-corrected chi connectivity index (χ0v) is 15.2. The van der Waals surface area contributed by atoms with E-state index in [9.17, 15) is 9.59 Å². The van der Waals surface area contributed by atoms with Crippen LogP contribution < -0.4 is 20.3 Å². The van der Waals surface area contributed by atoms with Gasteiger partial charge in [0.1, 0.15) is 11.5 Å². The molecular formula is C20H24N2O4. The van der Waals surface area contributed by atoms with Crippen LogP contribution in [0.25, 0.3) is 0 Å². The number of benzene rings is 2. The standard InChI is InChI=1S/C20H24N2O4/c1-4-25-18-8-6-5-7-17(18)20(24)22-21-19(23)15-9-11-16(12-10-15)26-13-14(2)3/h5-12,14H,4,13H2,1-3H3,(H,21,23)(H,22,24). The normalized spacial score (nSPS) is 10.3. The third-order valence-electron chi connectivity index (χ3n) is 3.42. The van der Waals surface area contributed by atoms with Gasteiger partial charge in [0.25, 0.3) is 11.8 Å². The van der Waals surface area contributed by atoms with Crippen LogP contribution in [0.15, 0.2) is 48.5 Å². The molecule has 6 heteroatoms. The van der Waals surface area contributed by atoms with Crippen LogP contribution in [0.5, 0.6) is 11.5 Å². The second kappa shape index (κ2) is 9.46. The van der Waals surface area contributed by atoms with Gasteiger partial charge in [0.05, 0.1) is 18.8 Å². The maximum Gasteiger partial charge on any atom is 0.273 e. The lowest BCUT2D eigenvalue weighted by Gasteiger charge is -2.12. The first-order valence-electron chi connectivity index (χ1n) is 8.56. The molecule has 2 amide bonds. The van der Waals surface area contributed by atoms with Crippen molar-refractivity contribution in [3.05, 3.63) is 59.7 Å². The van der Waals surface area contributed by atoms with Crippen LogP contribution in [-0.2, 0) is 0 Å². The van der Waals surface area contributed by atoms with Crippen LogP contribution in [0.2, 0.25) is 0 Å². The third-order valence-corrected chi connectivity index (χ3v) is 3.42. The molecule has 26 heavy (non-hydrogen) atoms. The third kappa shape index (κ3) is 5.51. The highest BCUT2D eigenvalue weighted by molar-refractivity contribution is 6.00. The van der Waals surface area contributed by atoms with E-state index in [1.165, 1.54) is 0 Å². The lowest BCUT2D eigenvalue weighted by atomic mass is 10.2. The molecule has 2 aromatic carbocycles. The average molecular weight is 356 g/mol. The van der Waals surface area contributed by atoms with Crippen molar-refractivity contribution in [1.29, 1.82) is 0 Å². The summed E-state index contributed by atoms with van der Waals surface area (Å²) in [6, 6.07) is 13.6. The van der Waals surface area contributed by atoms with Crippen LogP contribution in [0.1, 0.15) is 41.5 Å². The van der Waals surface area contributed by atoms with E-state index in [1.807, 2.05) is 6.92 Å². The van der Waals surface area contributed by atoms with E-state index < -0.39 is 11.8 Å².